The molecular weight excluding hydrogens is 559 g/mol. The largest absolute Gasteiger partial charge is 0.353 e. The van der Waals surface area contributed by atoms with Crippen LogP contribution < -0.4 is 41.7 Å². The lowest BCUT2D eigenvalue weighted by Crippen LogP contribution is -2.36. The van der Waals surface area contributed by atoms with Gasteiger partial charge in [0.25, 0.3) is 0 Å². The summed E-state index contributed by atoms with van der Waals surface area (Å²) < 4.78 is 0. The first-order valence-electron chi connectivity index (χ1n) is 14.8. The molecule has 0 aliphatic carbocycles. The molecule has 212 valence electrons. The topological polar surface area (TPSA) is 13.0 Å². The summed E-state index contributed by atoms with van der Waals surface area (Å²) in [6, 6.07) is 17.5. The van der Waals surface area contributed by atoms with Crippen LogP contribution in [0.15, 0.2) is 48.5 Å². The normalized spacial score (nSPS) is 15.7. The standard InChI is InChI=1S/2C18H17ClN2/c2*1-3-20-9-12-5-6-14-11-21(4-2)18(19)15-8-7-13(10-20)16(12)17(14)15/h2*5-11H,3-4H2,1-2H3. The third-order valence-corrected chi connectivity index (χ3v) is 9.53. The van der Waals surface area contributed by atoms with Crippen LogP contribution in [0.3, 0.4) is 0 Å². The molecule has 0 unspecified atom stereocenters. The minimum absolute atomic E-state index is 0.826. The van der Waals surface area contributed by atoms with Gasteiger partial charge in [0.1, 0.15) is 10.3 Å². The van der Waals surface area contributed by atoms with Gasteiger partial charge in [0, 0.05) is 95.4 Å². The summed E-state index contributed by atoms with van der Waals surface area (Å²) in [6.07, 6.45) is 13.2. The second-order valence-electron chi connectivity index (χ2n) is 11.0. The van der Waals surface area contributed by atoms with Crippen LogP contribution in [-0.2, 0) is 0 Å². The minimum atomic E-state index is 0.826. The first-order valence-corrected chi connectivity index (χ1v) is 15.6. The van der Waals surface area contributed by atoms with Crippen LogP contribution in [0.4, 0.5) is 0 Å². The van der Waals surface area contributed by atoms with Gasteiger partial charge in [-0.05, 0) is 59.0 Å². The van der Waals surface area contributed by atoms with E-state index in [9.17, 15) is 0 Å². The molecular formula is C36H34Cl2N4. The second-order valence-corrected chi connectivity index (χ2v) is 11.7. The van der Waals surface area contributed by atoms with Crippen LogP contribution in [-0.4, -0.2) is 45.8 Å². The minimum Gasteiger partial charge on any atom is -0.353 e. The van der Waals surface area contributed by atoms with Gasteiger partial charge in [-0.15, -0.1) is 0 Å². The molecule has 6 heteroatoms. The molecule has 4 aliphatic heterocycles. The van der Waals surface area contributed by atoms with E-state index in [1.807, 2.05) is 0 Å². The molecule has 0 amide bonds. The summed E-state index contributed by atoms with van der Waals surface area (Å²) in [4.78, 5) is 8.68. The van der Waals surface area contributed by atoms with Gasteiger partial charge < -0.3 is 19.6 Å². The molecule has 0 aromatic heterocycles. The van der Waals surface area contributed by atoms with Crippen molar-refractivity contribution in [1.82, 2.24) is 19.6 Å². The lowest BCUT2D eigenvalue weighted by Gasteiger charge is -2.23. The SMILES string of the molecule is CCN1C=c2ccc3c4c(ccc(c24)=C1)=C(Cl)N(CC)C=3.CCN1C=c2ccc3c4c(ccc(c24)=C1)=C(Cl)N(CC)C=3. The van der Waals surface area contributed by atoms with Crippen molar-refractivity contribution in [2.75, 3.05) is 26.2 Å². The van der Waals surface area contributed by atoms with E-state index in [1.165, 1.54) is 52.9 Å². The smallest absolute Gasteiger partial charge is 0.116 e. The van der Waals surface area contributed by atoms with Crippen LogP contribution in [0.5, 0.6) is 0 Å². The van der Waals surface area contributed by atoms with Crippen molar-refractivity contribution in [2.45, 2.75) is 27.7 Å². The average Bonchev–Trinajstić information content (AvgIpc) is 3.03. The van der Waals surface area contributed by atoms with E-state index in [-0.39, 0.29) is 0 Å². The molecule has 0 bridgehead atoms. The van der Waals surface area contributed by atoms with Crippen LogP contribution in [0.1, 0.15) is 27.7 Å². The van der Waals surface area contributed by atoms with Gasteiger partial charge in [0.05, 0.1) is 0 Å². The highest BCUT2D eigenvalue weighted by Crippen LogP contribution is 2.16. The molecule has 0 N–H and O–H groups in total. The Morgan fingerprint density at radius 3 is 1.02 bits per heavy atom. The van der Waals surface area contributed by atoms with Crippen LogP contribution >= 0.6 is 23.2 Å². The second kappa shape index (κ2) is 10.4. The van der Waals surface area contributed by atoms with E-state index in [0.717, 1.165) is 46.9 Å². The predicted molar refractivity (Wildman–Crippen MR) is 180 cm³/mol. The van der Waals surface area contributed by atoms with Crippen molar-refractivity contribution in [3.05, 3.63) is 90.3 Å². The Balaban J connectivity index is 0.000000137. The highest BCUT2D eigenvalue weighted by Gasteiger charge is 2.16. The van der Waals surface area contributed by atoms with Crippen molar-refractivity contribution in [3.63, 3.8) is 0 Å². The van der Waals surface area contributed by atoms with Gasteiger partial charge in [0.15, 0.2) is 0 Å². The van der Waals surface area contributed by atoms with Crippen LogP contribution in [0.25, 0.3) is 69.1 Å². The molecule has 0 radical (unpaired) electrons. The number of rotatable bonds is 4. The first kappa shape index (κ1) is 27.0. The number of hydrogen-bond acceptors (Lipinski definition) is 4. The van der Waals surface area contributed by atoms with Gasteiger partial charge in [-0.1, -0.05) is 71.7 Å². The lowest BCUT2D eigenvalue weighted by atomic mass is 9.99. The number of hydrogen-bond donors (Lipinski definition) is 0. The number of nitrogens with zero attached hydrogens (tertiary/aromatic N) is 4. The van der Waals surface area contributed by atoms with E-state index in [1.54, 1.807) is 0 Å². The highest BCUT2D eigenvalue weighted by atomic mass is 35.5. The van der Waals surface area contributed by atoms with Crippen LogP contribution in [0, 0.1) is 0 Å². The molecule has 4 heterocycles. The maximum Gasteiger partial charge on any atom is 0.116 e. The van der Waals surface area contributed by atoms with Crippen molar-refractivity contribution in [3.8, 4) is 0 Å². The summed E-state index contributed by atoms with van der Waals surface area (Å²) in [6.45, 7) is 12.3. The maximum absolute atomic E-state index is 6.58. The molecule has 4 aromatic rings. The molecule has 0 fully saturated rings. The summed E-state index contributed by atoms with van der Waals surface area (Å²) >= 11 is 13.2. The van der Waals surface area contributed by atoms with Gasteiger partial charge in [-0.3, -0.25) is 0 Å². The Hall–Kier alpha value is -3.86. The molecule has 42 heavy (non-hydrogen) atoms. The Bertz CT molecular complexity index is 2100. The molecule has 0 atom stereocenters. The van der Waals surface area contributed by atoms with Crippen molar-refractivity contribution >= 4 is 92.3 Å². The van der Waals surface area contributed by atoms with Gasteiger partial charge in [-0.2, -0.15) is 0 Å². The van der Waals surface area contributed by atoms with Gasteiger partial charge >= 0.3 is 0 Å². The molecule has 4 nitrogen and oxygen atoms in total. The lowest BCUT2D eigenvalue weighted by molar-refractivity contribution is 0.616. The van der Waals surface area contributed by atoms with E-state index in [4.69, 9.17) is 23.2 Å². The van der Waals surface area contributed by atoms with Gasteiger partial charge in [0.2, 0.25) is 0 Å². The molecule has 0 saturated heterocycles. The molecule has 4 aromatic carbocycles. The van der Waals surface area contributed by atoms with E-state index >= 15 is 0 Å². The Kier molecular flexibility index (Phi) is 6.72. The molecule has 0 saturated carbocycles. The zero-order valence-corrected chi connectivity index (χ0v) is 26.0. The highest BCUT2D eigenvalue weighted by molar-refractivity contribution is 6.45. The summed E-state index contributed by atoms with van der Waals surface area (Å²) in [5, 5.41) is 16.7. The number of benzene rings is 4. The monoisotopic (exact) mass is 592 g/mol. The third-order valence-electron chi connectivity index (χ3n) is 8.68. The average molecular weight is 594 g/mol. The fraction of sp³-hybridized carbons (Fsp3) is 0.222. The van der Waals surface area contributed by atoms with E-state index in [0.29, 0.717) is 0 Å². The Labute approximate surface area is 255 Å². The molecule has 4 aliphatic rings. The molecule has 8 rings (SSSR count). The Morgan fingerprint density at radius 2 is 0.714 bits per heavy atom. The summed E-state index contributed by atoms with van der Waals surface area (Å²) in [7, 11) is 0. The fourth-order valence-electron chi connectivity index (χ4n) is 6.51. The fourth-order valence-corrected chi connectivity index (χ4v) is 7.17. The maximum atomic E-state index is 6.58. The zero-order valence-electron chi connectivity index (χ0n) is 24.5. The van der Waals surface area contributed by atoms with Crippen molar-refractivity contribution < 1.29 is 0 Å². The summed E-state index contributed by atoms with van der Waals surface area (Å²) in [5.41, 5.74) is 0. The molecule has 0 spiro atoms. The summed E-state index contributed by atoms with van der Waals surface area (Å²) in [5.74, 6) is 0. The van der Waals surface area contributed by atoms with Crippen molar-refractivity contribution in [2.24, 2.45) is 0 Å². The third kappa shape index (κ3) is 4.11. The van der Waals surface area contributed by atoms with E-state index < -0.39 is 0 Å². The number of halogens is 2. The van der Waals surface area contributed by atoms with Gasteiger partial charge in [-0.25, -0.2) is 0 Å². The van der Waals surface area contributed by atoms with Crippen LogP contribution in [0.2, 0.25) is 0 Å². The first-order chi connectivity index (χ1) is 20.4. The Morgan fingerprint density at radius 1 is 0.405 bits per heavy atom. The van der Waals surface area contributed by atoms with Crippen molar-refractivity contribution in [1.29, 1.82) is 0 Å². The zero-order chi connectivity index (χ0) is 29.1. The predicted octanol–water partition coefficient (Wildman–Crippen LogP) is 2.06. The van der Waals surface area contributed by atoms with E-state index in [2.05, 4.69) is 133 Å². The quantitative estimate of drug-likeness (QED) is 0.336.